The topological polar surface area (TPSA) is 64.8 Å². The molecule has 0 unspecified atom stereocenters. The molecule has 0 aliphatic rings. The first-order valence-electron chi connectivity index (χ1n) is 9.58. The molecule has 2 aromatic carbocycles. The molecule has 32 heavy (non-hydrogen) atoms. The lowest BCUT2D eigenvalue weighted by Gasteiger charge is -2.05. The average Bonchev–Trinajstić information content (AvgIpc) is 3.34. The van der Waals surface area contributed by atoms with Gasteiger partial charge < -0.3 is 0 Å². The van der Waals surface area contributed by atoms with Crippen molar-refractivity contribution in [2.45, 2.75) is 30.2 Å². The first kappa shape index (κ1) is 24.2. The van der Waals surface area contributed by atoms with Crippen molar-refractivity contribution in [2.24, 2.45) is 0 Å². The summed E-state index contributed by atoms with van der Waals surface area (Å²) in [7, 11) is 0. The SMILES string of the molecule is Cc1nn(-c2nc(-c3ccc(Cl)c(Cl)c3)c(SC(C)C)s2)cc1-c1ccccc1.O=C=O. The van der Waals surface area contributed by atoms with Gasteiger partial charge in [0, 0.05) is 22.6 Å². The Bertz CT molecular complexity index is 1250. The lowest BCUT2D eigenvalue weighted by Crippen LogP contribution is -1.94. The van der Waals surface area contributed by atoms with Crippen LogP contribution in [0.15, 0.2) is 58.9 Å². The van der Waals surface area contributed by atoms with E-state index >= 15 is 0 Å². The second kappa shape index (κ2) is 10.9. The Morgan fingerprint density at radius 1 is 1.03 bits per heavy atom. The molecule has 2 aromatic heterocycles. The maximum Gasteiger partial charge on any atom is 0.373 e. The van der Waals surface area contributed by atoms with Crippen LogP contribution in [0.2, 0.25) is 10.0 Å². The molecule has 4 aromatic rings. The Morgan fingerprint density at radius 3 is 2.34 bits per heavy atom. The van der Waals surface area contributed by atoms with Gasteiger partial charge in [-0.25, -0.2) is 9.67 Å². The van der Waals surface area contributed by atoms with E-state index in [0.29, 0.717) is 15.3 Å². The average molecular weight is 504 g/mol. The Morgan fingerprint density at radius 2 is 1.72 bits per heavy atom. The molecular weight excluding hydrogens is 485 g/mol. The van der Waals surface area contributed by atoms with Crippen LogP contribution in [0.3, 0.4) is 0 Å². The fourth-order valence-corrected chi connectivity index (χ4v) is 5.72. The van der Waals surface area contributed by atoms with E-state index in [0.717, 1.165) is 37.4 Å². The number of hydrogen-bond acceptors (Lipinski definition) is 6. The number of thiazole rings is 1. The Labute approximate surface area is 204 Å². The summed E-state index contributed by atoms with van der Waals surface area (Å²) < 4.78 is 3.01. The molecule has 0 N–H and O–H groups in total. The van der Waals surface area contributed by atoms with Gasteiger partial charge in [-0.3, -0.25) is 0 Å². The summed E-state index contributed by atoms with van der Waals surface area (Å²) in [6.07, 6.45) is 2.30. The van der Waals surface area contributed by atoms with Crippen LogP contribution < -0.4 is 0 Å². The summed E-state index contributed by atoms with van der Waals surface area (Å²) in [5, 5.41) is 7.06. The standard InChI is InChI=1S/C22H19Cl2N3S2.CO2/c1-13(2)28-21-20(16-9-10-18(23)19(24)11-16)25-22(29-21)27-12-17(14(3)26-27)15-7-5-4-6-8-15;2-1-3/h4-13H,1-3H3;. The Hall–Kier alpha value is -2.41. The van der Waals surface area contributed by atoms with Crippen molar-refractivity contribution in [2.75, 3.05) is 0 Å². The number of rotatable bonds is 5. The first-order valence-corrected chi connectivity index (χ1v) is 12.0. The summed E-state index contributed by atoms with van der Waals surface area (Å²) >= 11 is 15.8. The highest BCUT2D eigenvalue weighted by atomic mass is 35.5. The van der Waals surface area contributed by atoms with Crippen LogP contribution >= 0.6 is 46.3 Å². The molecule has 0 bridgehead atoms. The molecule has 0 radical (unpaired) electrons. The summed E-state index contributed by atoms with van der Waals surface area (Å²) in [6, 6.07) is 15.9. The number of aryl methyl sites for hydroxylation is 1. The number of halogens is 2. The van der Waals surface area contributed by atoms with Crippen LogP contribution in [0.25, 0.3) is 27.5 Å². The van der Waals surface area contributed by atoms with Crippen molar-refractivity contribution in [1.82, 2.24) is 14.8 Å². The van der Waals surface area contributed by atoms with Gasteiger partial charge >= 0.3 is 6.15 Å². The number of nitrogens with zero attached hydrogens (tertiary/aromatic N) is 3. The minimum atomic E-state index is 0.250. The van der Waals surface area contributed by atoms with E-state index in [2.05, 4.69) is 26.0 Å². The first-order chi connectivity index (χ1) is 15.3. The molecule has 9 heteroatoms. The van der Waals surface area contributed by atoms with Crippen LogP contribution in [0.4, 0.5) is 0 Å². The van der Waals surface area contributed by atoms with Crippen molar-refractivity contribution < 1.29 is 9.59 Å². The van der Waals surface area contributed by atoms with Crippen LogP contribution in [-0.4, -0.2) is 26.2 Å². The van der Waals surface area contributed by atoms with Crippen molar-refractivity contribution >= 4 is 52.5 Å². The molecule has 4 rings (SSSR count). The normalized spacial score (nSPS) is 10.6. The second-order valence-electron chi connectivity index (χ2n) is 6.95. The van der Waals surface area contributed by atoms with Gasteiger partial charge in [0.25, 0.3) is 0 Å². The summed E-state index contributed by atoms with van der Waals surface area (Å²) in [5.41, 5.74) is 5.10. The smallest absolute Gasteiger partial charge is 0.217 e. The molecule has 164 valence electrons. The summed E-state index contributed by atoms with van der Waals surface area (Å²) in [4.78, 5) is 21.2. The zero-order chi connectivity index (χ0) is 23.3. The molecule has 0 saturated carbocycles. The predicted molar refractivity (Wildman–Crippen MR) is 131 cm³/mol. The molecule has 0 fully saturated rings. The van der Waals surface area contributed by atoms with Gasteiger partial charge in [-0.15, -0.1) is 11.8 Å². The van der Waals surface area contributed by atoms with E-state index in [1.54, 1.807) is 23.1 Å². The predicted octanol–water partition coefficient (Wildman–Crippen LogP) is 7.20. The van der Waals surface area contributed by atoms with Gasteiger partial charge in [0.05, 0.1) is 25.6 Å². The molecule has 0 atom stereocenters. The van der Waals surface area contributed by atoms with Gasteiger partial charge in [0.1, 0.15) is 0 Å². The molecule has 0 spiro atoms. The lowest BCUT2D eigenvalue weighted by molar-refractivity contribution is -0.191. The van der Waals surface area contributed by atoms with Crippen molar-refractivity contribution in [3.63, 3.8) is 0 Å². The van der Waals surface area contributed by atoms with Gasteiger partial charge in [-0.1, -0.05) is 84.8 Å². The maximum absolute atomic E-state index is 8.12. The highest BCUT2D eigenvalue weighted by molar-refractivity contribution is 8.01. The minimum Gasteiger partial charge on any atom is -0.217 e. The Balaban J connectivity index is 0.000000913. The van der Waals surface area contributed by atoms with E-state index in [1.165, 1.54) is 0 Å². The monoisotopic (exact) mass is 503 g/mol. The van der Waals surface area contributed by atoms with Crippen molar-refractivity contribution in [3.05, 3.63) is 70.5 Å². The fraction of sp³-hybridized carbons (Fsp3) is 0.174. The fourth-order valence-electron chi connectivity index (χ4n) is 2.97. The lowest BCUT2D eigenvalue weighted by atomic mass is 10.1. The van der Waals surface area contributed by atoms with Gasteiger partial charge in [-0.05, 0) is 24.6 Å². The van der Waals surface area contributed by atoms with Crippen LogP contribution in [0.1, 0.15) is 19.5 Å². The third-order valence-electron chi connectivity index (χ3n) is 4.30. The van der Waals surface area contributed by atoms with E-state index in [4.69, 9.17) is 42.9 Å². The third-order valence-corrected chi connectivity index (χ3v) is 7.30. The van der Waals surface area contributed by atoms with Gasteiger partial charge in [0.15, 0.2) is 0 Å². The molecule has 2 heterocycles. The van der Waals surface area contributed by atoms with Crippen molar-refractivity contribution in [3.8, 4) is 27.5 Å². The second-order valence-corrected chi connectivity index (χ2v) is 10.6. The minimum absolute atomic E-state index is 0.250. The summed E-state index contributed by atoms with van der Waals surface area (Å²) in [6.45, 7) is 6.37. The molecule has 0 saturated heterocycles. The zero-order valence-electron chi connectivity index (χ0n) is 17.5. The van der Waals surface area contributed by atoms with E-state index in [-0.39, 0.29) is 6.15 Å². The Kier molecular flexibility index (Phi) is 8.29. The molecular formula is C23H19Cl2N3O2S2. The number of aromatic nitrogens is 3. The van der Waals surface area contributed by atoms with E-state index in [9.17, 15) is 0 Å². The zero-order valence-corrected chi connectivity index (χ0v) is 20.6. The highest BCUT2D eigenvalue weighted by Crippen LogP contribution is 2.41. The molecule has 0 amide bonds. The van der Waals surface area contributed by atoms with Gasteiger partial charge in [-0.2, -0.15) is 14.7 Å². The van der Waals surface area contributed by atoms with Crippen LogP contribution in [0.5, 0.6) is 0 Å². The van der Waals surface area contributed by atoms with E-state index in [1.807, 2.05) is 54.2 Å². The molecule has 5 nitrogen and oxygen atoms in total. The quantitative estimate of drug-likeness (QED) is 0.269. The van der Waals surface area contributed by atoms with Crippen molar-refractivity contribution in [1.29, 1.82) is 0 Å². The number of hydrogen-bond donors (Lipinski definition) is 0. The largest absolute Gasteiger partial charge is 0.373 e. The van der Waals surface area contributed by atoms with Crippen LogP contribution in [0, 0.1) is 6.92 Å². The third kappa shape index (κ3) is 5.68. The molecule has 0 aliphatic heterocycles. The number of benzene rings is 2. The van der Waals surface area contributed by atoms with Gasteiger partial charge in [0.2, 0.25) is 5.13 Å². The van der Waals surface area contributed by atoms with Crippen LogP contribution in [-0.2, 0) is 9.59 Å². The highest BCUT2D eigenvalue weighted by Gasteiger charge is 2.18. The molecule has 0 aliphatic carbocycles. The number of carbonyl (C=O) groups excluding carboxylic acids is 2. The maximum atomic E-state index is 8.12. The van der Waals surface area contributed by atoms with E-state index < -0.39 is 0 Å². The number of thioether (sulfide) groups is 1. The summed E-state index contributed by atoms with van der Waals surface area (Å²) in [5.74, 6) is 0.